The zero-order valence-corrected chi connectivity index (χ0v) is 19.8. The van der Waals surface area contributed by atoms with Crippen LogP contribution in [0.3, 0.4) is 0 Å². The van der Waals surface area contributed by atoms with Gasteiger partial charge in [0.25, 0.3) is 0 Å². The molecule has 0 aromatic carbocycles. The molecular formula is C25H52N2O. The van der Waals surface area contributed by atoms with Crippen molar-refractivity contribution in [3.05, 3.63) is 0 Å². The van der Waals surface area contributed by atoms with Crippen molar-refractivity contribution in [2.75, 3.05) is 0 Å². The second-order valence-electron chi connectivity index (χ2n) is 8.70. The number of carbonyl (C=O) groups excluding carboxylic acids is 1. The van der Waals surface area contributed by atoms with Gasteiger partial charge < -0.3 is 10.6 Å². The van der Waals surface area contributed by atoms with E-state index in [2.05, 4.69) is 38.3 Å². The quantitative estimate of drug-likeness (QED) is 0.200. The third-order valence-electron chi connectivity index (χ3n) is 5.76. The zero-order chi connectivity index (χ0) is 20.9. The van der Waals surface area contributed by atoms with Crippen LogP contribution in [0.5, 0.6) is 0 Å². The van der Waals surface area contributed by atoms with Crippen LogP contribution in [0.15, 0.2) is 0 Å². The number of hydrogen-bond donors (Lipinski definition) is 2. The minimum Gasteiger partial charge on any atom is -0.335 e. The molecule has 0 saturated heterocycles. The van der Waals surface area contributed by atoms with Crippen LogP contribution in [0.25, 0.3) is 0 Å². The summed E-state index contributed by atoms with van der Waals surface area (Å²) in [4.78, 5) is 12.5. The van der Waals surface area contributed by atoms with Gasteiger partial charge in [0.1, 0.15) is 0 Å². The van der Waals surface area contributed by atoms with Gasteiger partial charge in [-0.15, -0.1) is 0 Å². The number of carbonyl (C=O) groups is 1. The van der Waals surface area contributed by atoms with Crippen molar-refractivity contribution in [1.29, 1.82) is 0 Å². The van der Waals surface area contributed by atoms with Crippen LogP contribution < -0.4 is 10.6 Å². The summed E-state index contributed by atoms with van der Waals surface area (Å²) in [6, 6.07) is 0.744. The maximum Gasteiger partial charge on any atom is 0.315 e. The van der Waals surface area contributed by atoms with Gasteiger partial charge in [-0.05, 0) is 25.7 Å². The van der Waals surface area contributed by atoms with Gasteiger partial charge in [0, 0.05) is 12.1 Å². The maximum absolute atomic E-state index is 12.5. The molecule has 0 spiro atoms. The highest BCUT2D eigenvalue weighted by molar-refractivity contribution is 5.74. The predicted molar refractivity (Wildman–Crippen MR) is 125 cm³/mol. The average Bonchev–Trinajstić information content (AvgIpc) is 2.67. The van der Waals surface area contributed by atoms with Crippen molar-refractivity contribution >= 4 is 6.03 Å². The van der Waals surface area contributed by atoms with Crippen LogP contribution in [0.1, 0.15) is 143 Å². The van der Waals surface area contributed by atoms with Crippen LogP contribution in [0.4, 0.5) is 4.79 Å². The summed E-state index contributed by atoms with van der Waals surface area (Å²) in [5.74, 6) is 0. The highest BCUT2D eigenvalue weighted by atomic mass is 16.2. The lowest BCUT2D eigenvalue weighted by Gasteiger charge is -2.23. The number of amides is 2. The molecule has 2 amide bonds. The van der Waals surface area contributed by atoms with Crippen molar-refractivity contribution < 1.29 is 4.79 Å². The summed E-state index contributed by atoms with van der Waals surface area (Å²) in [6.07, 6.45) is 22.5. The maximum atomic E-state index is 12.5. The van der Waals surface area contributed by atoms with Crippen molar-refractivity contribution in [2.45, 2.75) is 155 Å². The molecule has 0 aromatic rings. The minimum atomic E-state index is 0.0638. The van der Waals surface area contributed by atoms with E-state index < -0.39 is 0 Å². The predicted octanol–water partition coefficient (Wildman–Crippen LogP) is 8.12. The molecule has 2 N–H and O–H groups in total. The van der Waals surface area contributed by atoms with Crippen molar-refractivity contribution in [2.24, 2.45) is 0 Å². The van der Waals surface area contributed by atoms with Crippen molar-refractivity contribution in [3.8, 4) is 0 Å². The Morgan fingerprint density at radius 1 is 0.500 bits per heavy atom. The van der Waals surface area contributed by atoms with Gasteiger partial charge in [-0.3, -0.25) is 0 Å². The largest absolute Gasteiger partial charge is 0.335 e. The smallest absolute Gasteiger partial charge is 0.315 e. The number of urea groups is 1. The molecule has 0 saturated carbocycles. The summed E-state index contributed by atoms with van der Waals surface area (Å²) in [7, 11) is 0. The second kappa shape index (κ2) is 21.0. The van der Waals surface area contributed by atoms with Crippen molar-refractivity contribution in [3.63, 3.8) is 0 Å². The summed E-state index contributed by atoms with van der Waals surface area (Å²) >= 11 is 0. The summed E-state index contributed by atoms with van der Waals surface area (Å²) in [6.45, 7) is 8.95. The molecule has 0 aliphatic rings. The average molecular weight is 397 g/mol. The van der Waals surface area contributed by atoms with E-state index in [4.69, 9.17) is 0 Å². The Bertz CT molecular complexity index is 303. The lowest BCUT2D eigenvalue weighted by Crippen LogP contribution is -2.46. The molecule has 2 unspecified atom stereocenters. The minimum absolute atomic E-state index is 0.0638. The van der Waals surface area contributed by atoms with Gasteiger partial charge in [-0.2, -0.15) is 0 Å². The van der Waals surface area contributed by atoms with Gasteiger partial charge in [-0.25, -0.2) is 4.79 Å². The van der Waals surface area contributed by atoms with E-state index in [1.54, 1.807) is 0 Å². The second-order valence-corrected chi connectivity index (χ2v) is 8.70. The standard InChI is InChI=1S/C25H52N2O/c1-5-9-11-13-15-17-21-23(19-7-3)26-25(28)27-24(20-8-4)22-18-16-14-12-10-6-2/h23-24H,5-22H2,1-4H3,(H2,26,27,28). The Balaban J connectivity index is 4.12. The molecular weight excluding hydrogens is 344 g/mol. The zero-order valence-electron chi connectivity index (χ0n) is 19.8. The first-order valence-electron chi connectivity index (χ1n) is 12.7. The Morgan fingerprint density at radius 3 is 1.21 bits per heavy atom. The van der Waals surface area contributed by atoms with E-state index in [-0.39, 0.29) is 6.03 Å². The fourth-order valence-corrected chi connectivity index (χ4v) is 4.03. The molecule has 168 valence electrons. The Morgan fingerprint density at radius 2 is 0.857 bits per heavy atom. The van der Waals surface area contributed by atoms with Crippen LogP contribution in [0.2, 0.25) is 0 Å². The topological polar surface area (TPSA) is 41.1 Å². The number of unbranched alkanes of at least 4 members (excludes halogenated alkanes) is 10. The van der Waals surface area contributed by atoms with E-state index >= 15 is 0 Å². The molecule has 0 aromatic heterocycles. The number of hydrogen-bond acceptors (Lipinski definition) is 1. The monoisotopic (exact) mass is 396 g/mol. The molecule has 3 heteroatoms. The molecule has 0 bridgehead atoms. The summed E-state index contributed by atoms with van der Waals surface area (Å²) in [5, 5.41) is 6.55. The van der Waals surface area contributed by atoms with E-state index in [1.807, 2.05) is 0 Å². The first-order chi connectivity index (χ1) is 13.7. The fraction of sp³-hybridized carbons (Fsp3) is 0.960. The third-order valence-corrected chi connectivity index (χ3v) is 5.76. The van der Waals surface area contributed by atoms with E-state index in [0.717, 1.165) is 38.5 Å². The summed E-state index contributed by atoms with van der Waals surface area (Å²) in [5.41, 5.74) is 0. The van der Waals surface area contributed by atoms with E-state index in [0.29, 0.717) is 12.1 Å². The highest BCUT2D eigenvalue weighted by Gasteiger charge is 2.15. The molecule has 0 aliphatic heterocycles. The van der Waals surface area contributed by atoms with Gasteiger partial charge in [-0.1, -0.05) is 118 Å². The molecule has 28 heavy (non-hydrogen) atoms. The molecule has 0 rings (SSSR count). The third kappa shape index (κ3) is 17.4. The van der Waals surface area contributed by atoms with Gasteiger partial charge >= 0.3 is 6.03 Å². The van der Waals surface area contributed by atoms with Crippen LogP contribution in [0, 0.1) is 0 Å². The fourth-order valence-electron chi connectivity index (χ4n) is 4.03. The molecule has 0 heterocycles. The van der Waals surface area contributed by atoms with Gasteiger partial charge in [0.15, 0.2) is 0 Å². The molecule has 3 nitrogen and oxygen atoms in total. The van der Waals surface area contributed by atoms with Gasteiger partial charge in [0.05, 0.1) is 0 Å². The molecule has 0 fully saturated rings. The lowest BCUT2D eigenvalue weighted by molar-refractivity contribution is 0.229. The van der Waals surface area contributed by atoms with E-state index in [1.165, 1.54) is 77.0 Å². The van der Waals surface area contributed by atoms with E-state index in [9.17, 15) is 4.79 Å². The normalized spacial score (nSPS) is 13.3. The van der Waals surface area contributed by atoms with Gasteiger partial charge in [0.2, 0.25) is 0 Å². The molecule has 2 atom stereocenters. The number of rotatable bonds is 20. The first-order valence-corrected chi connectivity index (χ1v) is 12.7. The highest BCUT2D eigenvalue weighted by Crippen LogP contribution is 2.13. The Kier molecular flexibility index (Phi) is 20.4. The van der Waals surface area contributed by atoms with Crippen molar-refractivity contribution in [1.82, 2.24) is 10.6 Å². The SMILES string of the molecule is CCCCCCCCC(CCC)NC(=O)NC(CCC)CCCCCCCC. The van der Waals surface area contributed by atoms with Crippen LogP contribution in [-0.2, 0) is 0 Å². The lowest BCUT2D eigenvalue weighted by atomic mass is 10.0. The molecule has 0 aliphatic carbocycles. The Labute approximate surface area is 177 Å². The summed E-state index contributed by atoms with van der Waals surface area (Å²) < 4.78 is 0. The molecule has 0 radical (unpaired) electrons. The Hall–Kier alpha value is -0.730. The first kappa shape index (κ1) is 27.3. The van der Waals surface area contributed by atoms with Crippen LogP contribution in [-0.4, -0.2) is 18.1 Å². The van der Waals surface area contributed by atoms with Crippen LogP contribution >= 0.6 is 0 Å². The number of nitrogens with one attached hydrogen (secondary N) is 2.